The number of aliphatic hydroxyl groups is 1. The number of aliphatic hydroxyl groups excluding tert-OH is 1. The molecule has 1 amide bonds. The summed E-state index contributed by atoms with van der Waals surface area (Å²) in [5, 5.41) is 12.4. The van der Waals surface area contributed by atoms with Crippen molar-refractivity contribution in [2.75, 3.05) is 12.3 Å². The molecule has 0 saturated carbocycles. The Morgan fingerprint density at radius 1 is 1.29 bits per heavy atom. The van der Waals surface area contributed by atoms with Crippen molar-refractivity contribution in [3.05, 3.63) is 64.4 Å². The van der Waals surface area contributed by atoms with Crippen LogP contribution in [0.4, 0.5) is 10.1 Å². The molecule has 1 atom stereocenters. The van der Waals surface area contributed by atoms with Crippen LogP contribution in [0.1, 0.15) is 22.0 Å². The molecular weight excluding hydrogens is 295 g/mol. The first-order valence-corrected chi connectivity index (χ1v) is 6.62. The highest BCUT2D eigenvalue weighted by atomic mass is 35.5. The van der Waals surface area contributed by atoms with Crippen LogP contribution in [0.5, 0.6) is 0 Å². The molecule has 6 heteroatoms. The van der Waals surface area contributed by atoms with E-state index in [2.05, 4.69) is 5.32 Å². The van der Waals surface area contributed by atoms with Crippen LogP contribution < -0.4 is 11.1 Å². The first-order valence-electron chi connectivity index (χ1n) is 6.24. The number of rotatable bonds is 4. The Morgan fingerprint density at radius 3 is 2.57 bits per heavy atom. The third-order valence-corrected chi connectivity index (χ3v) is 3.25. The fourth-order valence-electron chi connectivity index (χ4n) is 1.76. The van der Waals surface area contributed by atoms with Gasteiger partial charge in [-0.05, 0) is 35.9 Å². The van der Waals surface area contributed by atoms with Crippen LogP contribution in [0.2, 0.25) is 5.02 Å². The van der Waals surface area contributed by atoms with Gasteiger partial charge in [-0.2, -0.15) is 0 Å². The SMILES string of the molecule is Nc1ccc(C(O)CNC(=O)c2ccc(F)c(Cl)c2)cc1. The number of carbonyl (C=O) groups excluding carboxylic acids is 1. The highest BCUT2D eigenvalue weighted by Gasteiger charge is 2.12. The van der Waals surface area contributed by atoms with Crippen molar-refractivity contribution >= 4 is 23.2 Å². The van der Waals surface area contributed by atoms with Crippen LogP contribution in [-0.4, -0.2) is 17.6 Å². The second kappa shape index (κ2) is 6.56. The van der Waals surface area contributed by atoms with Crippen LogP contribution in [0.3, 0.4) is 0 Å². The largest absolute Gasteiger partial charge is 0.399 e. The van der Waals surface area contributed by atoms with Gasteiger partial charge in [-0.1, -0.05) is 23.7 Å². The second-order valence-electron chi connectivity index (χ2n) is 4.52. The second-order valence-corrected chi connectivity index (χ2v) is 4.93. The van der Waals surface area contributed by atoms with Crippen molar-refractivity contribution < 1.29 is 14.3 Å². The molecule has 0 aliphatic rings. The zero-order valence-electron chi connectivity index (χ0n) is 11.0. The minimum absolute atomic E-state index is 0.0255. The van der Waals surface area contributed by atoms with Crippen molar-refractivity contribution in [1.82, 2.24) is 5.32 Å². The monoisotopic (exact) mass is 308 g/mol. The smallest absolute Gasteiger partial charge is 0.251 e. The molecule has 0 fully saturated rings. The van der Waals surface area contributed by atoms with E-state index < -0.39 is 17.8 Å². The number of halogens is 2. The maximum Gasteiger partial charge on any atom is 0.251 e. The highest BCUT2D eigenvalue weighted by molar-refractivity contribution is 6.31. The summed E-state index contributed by atoms with van der Waals surface area (Å²) in [7, 11) is 0. The minimum Gasteiger partial charge on any atom is -0.399 e. The van der Waals surface area contributed by atoms with Gasteiger partial charge in [0.25, 0.3) is 5.91 Å². The third-order valence-electron chi connectivity index (χ3n) is 2.96. The molecule has 4 nitrogen and oxygen atoms in total. The van der Waals surface area contributed by atoms with Gasteiger partial charge in [0, 0.05) is 17.8 Å². The summed E-state index contributed by atoms with van der Waals surface area (Å²) in [6, 6.07) is 10.4. The van der Waals surface area contributed by atoms with E-state index in [9.17, 15) is 14.3 Å². The number of amides is 1. The average molecular weight is 309 g/mol. The van der Waals surface area contributed by atoms with Gasteiger partial charge in [0.2, 0.25) is 0 Å². The summed E-state index contributed by atoms with van der Waals surface area (Å²) in [4.78, 5) is 11.9. The molecule has 0 aliphatic heterocycles. The third kappa shape index (κ3) is 3.93. The topological polar surface area (TPSA) is 75.3 Å². The first-order chi connectivity index (χ1) is 9.97. The molecule has 2 aromatic rings. The normalized spacial score (nSPS) is 12.0. The molecule has 0 heterocycles. The summed E-state index contributed by atoms with van der Waals surface area (Å²) in [6.45, 7) is 0.0255. The maximum atomic E-state index is 13.0. The number of carbonyl (C=O) groups is 1. The molecule has 0 spiro atoms. The number of nitrogens with two attached hydrogens (primary N) is 1. The Bertz CT molecular complexity index is 647. The van der Waals surface area contributed by atoms with Gasteiger partial charge in [0.1, 0.15) is 5.82 Å². The van der Waals surface area contributed by atoms with Gasteiger partial charge in [-0.3, -0.25) is 4.79 Å². The minimum atomic E-state index is -0.856. The van der Waals surface area contributed by atoms with Gasteiger partial charge in [0.15, 0.2) is 0 Å². The van der Waals surface area contributed by atoms with Gasteiger partial charge in [0.05, 0.1) is 11.1 Å². The zero-order chi connectivity index (χ0) is 15.4. The standard InChI is InChI=1S/C15H14ClFN2O2/c16-12-7-10(3-6-13(12)17)15(21)19-8-14(20)9-1-4-11(18)5-2-9/h1-7,14,20H,8,18H2,(H,19,21). The Labute approximate surface area is 126 Å². The predicted molar refractivity (Wildman–Crippen MR) is 79.6 cm³/mol. The lowest BCUT2D eigenvalue weighted by Gasteiger charge is -2.12. The summed E-state index contributed by atoms with van der Waals surface area (Å²) < 4.78 is 13.0. The molecule has 21 heavy (non-hydrogen) atoms. The summed E-state index contributed by atoms with van der Waals surface area (Å²) in [5.74, 6) is -1.03. The lowest BCUT2D eigenvalue weighted by Crippen LogP contribution is -2.28. The number of nitrogen functional groups attached to an aromatic ring is 1. The van der Waals surface area contributed by atoms with Crippen LogP contribution >= 0.6 is 11.6 Å². The number of nitrogens with one attached hydrogen (secondary N) is 1. The highest BCUT2D eigenvalue weighted by Crippen LogP contribution is 2.17. The quantitative estimate of drug-likeness (QED) is 0.760. The summed E-state index contributed by atoms with van der Waals surface area (Å²) in [6.07, 6.45) is -0.856. The van der Waals surface area contributed by atoms with E-state index in [-0.39, 0.29) is 17.1 Å². The lowest BCUT2D eigenvalue weighted by molar-refractivity contribution is 0.0916. The Morgan fingerprint density at radius 2 is 1.95 bits per heavy atom. The Balaban J connectivity index is 1.97. The van der Waals surface area contributed by atoms with E-state index in [1.807, 2.05) is 0 Å². The van der Waals surface area contributed by atoms with Crippen molar-refractivity contribution in [2.45, 2.75) is 6.10 Å². The molecule has 0 bridgehead atoms. The molecule has 110 valence electrons. The van der Waals surface area contributed by atoms with Crippen LogP contribution in [-0.2, 0) is 0 Å². The first kappa shape index (κ1) is 15.3. The molecule has 0 radical (unpaired) electrons. The van der Waals surface area contributed by atoms with E-state index in [1.54, 1.807) is 24.3 Å². The van der Waals surface area contributed by atoms with Crippen LogP contribution in [0.25, 0.3) is 0 Å². The number of hydrogen-bond donors (Lipinski definition) is 3. The molecule has 0 aromatic heterocycles. The lowest BCUT2D eigenvalue weighted by atomic mass is 10.1. The molecular formula is C15H14ClFN2O2. The summed E-state index contributed by atoms with van der Waals surface area (Å²) >= 11 is 5.62. The van der Waals surface area contributed by atoms with Crippen molar-refractivity contribution in [1.29, 1.82) is 0 Å². The van der Waals surface area contributed by atoms with Gasteiger partial charge < -0.3 is 16.2 Å². The fraction of sp³-hybridized carbons (Fsp3) is 0.133. The van der Waals surface area contributed by atoms with Crippen molar-refractivity contribution in [3.63, 3.8) is 0 Å². The summed E-state index contributed by atoms with van der Waals surface area (Å²) in [5.41, 5.74) is 7.02. The molecule has 4 N–H and O–H groups in total. The average Bonchev–Trinajstić information content (AvgIpc) is 2.48. The van der Waals surface area contributed by atoms with Crippen LogP contribution in [0, 0.1) is 5.82 Å². The van der Waals surface area contributed by atoms with E-state index in [4.69, 9.17) is 17.3 Å². The Kier molecular flexibility index (Phi) is 4.77. The van der Waals surface area contributed by atoms with Crippen molar-refractivity contribution in [3.8, 4) is 0 Å². The van der Waals surface area contributed by atoms with E-state index in [1.165, 1.54) is 12.1 Å². The fourth-order valence-corrected chi connectivity index (χ4v) is 1.95. The Hall–Kier alpha value is -2.11. The molecule has 2 rings (SSSR count). The molecule has 1 unspecified atom stereocenters. The molecule has 2 aromatic carbocycles. The van der Waals surface area contributed by atoms with E-state index >= 15 is 0 Å². The van der Waals surface area contributed by atoms with Gasteiger partial charge >= 0.3 is 0 Å². The zero-order valence-corrected chi connectivity index (χ0v) is 11.8. The van der Waals surface area contributed by atoms with E-state index in [0.29, 0.717) is 11.3 Å². The molecule has 0 saturated heterocycles. The van der Waals surface area contributed by atoms with Gasteiger partial charge in [-0.25, -0.2) is 4.39 Å². The van der Waals surface area contributed by atoms with Crippen LogP contribution in [0.15, 0.2) is 42.5 Å². The van der Waals surface area contributed by atoms with Crippen molar-refractivity contribution in [2.24, 2.45) is 0 Å². The number of anilines is 1. The number of hydrogen-bond acceptors (Lipinski definition) is 3. The van der Waals surface area contributed by atoms with E-state index in [0.717, 1.165) is 6.07 Å². The maximum absolute atomic E-state index is 13.0. The predicted octanol–water partition coefficient (Wildman–Crippen LogP) is 2.52. The molecule has 0 aliphatic carbocycles. The van der Waals surface area contributed by atoms with Gasteiger partial charge in [-0.15, -0.1) is 0 Å². The number of benzene rings is 2.